The fourth-order valence-corrected chi connectivity index (χ4v) is 2.50. The monoisotopic (exact) mass is 358 g/mol. The SMILES string of the molecule is [2H]c1c([2H])c(C([2H])(CC(C)=O)c2c(O)c3ccccc3oc2=O)c([2H])c([2H])c1[N+](=O)[O-]. The molecule has 0 amide bonds. The zero-order chi connectivity index (χ0) is 23.2. The van der Waals surface area contributed by atoms with Crippen molar-refractivity contribution in [3.05, 3.63) is 80.1 Å². The van der Waals surface area contributed by atoms with E-state index in [1.54, 1.807) is 0 Å². The number of fused-ring (bicyclic) bond motifs is 1. The number of nitro groups is 1. The maximum Gasteiger partial charge on any atom is 0.343 e. The Balaban J connectivity index is 2.51. The zero-order valence-electron chi connectivity index (χ0n) is 18.5. The van der Waals surface area contributed by atoms with Crippen LogP contribution < -0.4 is 5.63 Å². The van der Waals surface area contributed by atoms with E-state index >= 15 is 0 Å². The minimum atomic E-state index is -2.62. The molecule has 7 nitrogen and oxygen atoms in total. The van der Waals surface area contributed by atoms with Crippen LogP contribution in [-0.2, 0) is 4.79 Å². The van der Waals surface area contributed by atoms with Gasteiger partial charge >= 0.3 is 5.63 Å². The van der Waals surface area contributed by atoms with Gasteiger partial charge in [0.15, 0.2) is 0 Å². The number of para-hydroxylation sites is 1. The van der Waals surface area contributed by atoms with Crippen molar-refractivity contribution < 1.29 is 26.1 Å². The van der Waals surface area contributed by atoms with Crippen LogP contribution in [-0.4, -0.2) is 15.8 Å². The molecule has 0 saturated heterocycles. The summed E-state index contributed by atoms with van der Waals surface area (Å²) in [6, 6.07) is 1.77. The number of rotatable bonds is 5. The van der Waals surface area contributed by atoms with Crippen molar-refractivity contribution >= 4 is 22.4 Å². The minimum absolute atomic E-state index is 0.0119. The Bertz CT molecular complexity index is 1290. The van der Waals surface area contributed by atoms with E-state index in [1.165, 1.54) is 24.3 Å². The molecule has 26 heavy (non-hydrogen) atoms. The van der Waals surface area contributed by atoms with E-state index in [1.807, 2.05) is 0 Å². The summed E-state index contributed by atoms with van der Waals surface area (Å²) >= 11 is 0. The fourth-order valence-electron chi connectivity index (χ4n) is 2.50. The number of carbonyl (C=O) groups excluding carboxylic acids is 1. The summed E-state index contributed by atoms with van der Waals surface area (Å²) in [5.41, 5.74) is -3.87. The second-order valence-electron chi connectivity index (χ2n) is 5.45. The third-order valence-electron chi connectivity index (χ3n) is 3.61. The van der Waals surface area contributed by atoms with Gasteiger partial charge in [0.2, 0.25) is 0 Å². The standard InChI is InChI=1S/C19H15NO6/c1-11(21)10-15(12-6-8-13(9-7-12)20(24)25)17-18(22)14-4-2-3-5-16(14)26-19(17)23/h2-9,15,22H,10H2,1H3/i6D,7D,8D,9D,15D. The maximum absolute atomic E-state index is 12.7. The van der Waals surface area contributed by atoms with E-state index in [4.69, 9.17) is 11.3 Å². The first kappa shape index (κ1) is 12.0. The van der Waals surface area contributed by atoms with Crippen LogP contribution in [0.1, 0.15) is 37.2 Å². The van der Waals surface area contributed by atoms with E-state index in [0.717, 1.165) is 6.92 Å². The molecule has 7 heteroatoms. The molecule has 1 aromatic heterocycles. The van der Waals surface area contributed by atoms with E-state index in [2.05, 4.69) is 0 Å². The number of aromatic hydroxyl groups is 1. The van der Waals surface area contributed by atoms with Crippen molar-refractivity contribution in [2.75, 3.05) is 0 Å². The third kappa shape index (κ3) is 3.19. The van der Waals surface area contributed by atoms with Crippen molar-refractivity contribution in [2.45, 2.75) is 19.2 Å². The van der Waals surface area contributed by atoms with Crippen LogP contribution in [0.25, 0.3) is 11.0 Å². The molecule has 132 valence electrons. The molecule has 1 N–H and O–H groups in total. The highest BCUT2D eigenvalue weighted by molar-refractivity contribution is 5.85. The Labute approximate surface area is 154 Å². The van der Waals surface area contributed by atoms with Crippen LogP contribution in [0.4, 0.5) is 5.69 Å². The molecule has 0 aliphatic heterocycles. The predicted molar refractivity (Wildman–Crippen MR) is 94.4 cm³/mol. The highest BCUT2D eigenvalue weighted by atomic mass is 16.6. The Morgan fingerprint density at radius 1 is 1.35 bits per heavy atom. The maximum atomic E-state index is 12.7. The van der Waals surface area contributed by atoms with Gasteiger partial charge in [-0.3, -0.25) is 14.9 Å². The lowest BCUT2D eigenvalue weighted by atomic mass is 9.87. The van der Waals surface area contributed by atoms with Crippen LogP contribution >= 0.6 is 0 Å². The Morgan fingerprint density at radius 3 is 2.62 bits per heavy atom. The smallest absolute Gasteiger partial charge is 0.343 e. The fraction of sp³-hybridized carbons (Fsp3) is 0.158. The van der Waals surface area contributed by atoms with Crippen molar-refractivity contribution in [1.29, 1.82) is 0 Å². The first-order chi connectivity index (χ1) is 14.4. The molecule has 0 spiro atoms. The number of benzene rings is 2. The van der Waals surface area contributed by atoms with Crippen molar-refractivity contribution in [2.24, 2.45) is 0 Å². The molecule has 1 heterocycles. The molecular weight excluding hydrogens is 338 g/mol. The molecule has 1 atom stereocenters. The van der Waals surface area contributed by atoms with Gasteiger partial charge in [0, 0.05) is 25.8 Å². The van der Waals surface area contributed by atoms with Gasteiger partial charge in [0.25, 0.3) is 5.69 Å². The summed E-state index contributed by atoms with van der Waals surface area (Å²) < 4.78 is 46.2. The van der Waals surface area contributed by atoms with Crippen LogP contribution in [0.5, 0.6) is 5.75 Å². The highest BCUT2D eigenvalue weighted by Gasteiger charge is 2.26. The Kier molecular flexibility index (Phi) is 3.13. The zero-order valence-corrected chi connectivity index (χ0v) is 13.5. The quantitative estimate of drug-likeness (QED) is 0.424. The van der Waals surface area contributed by atoms with Crippen molar-refractivity contribution in [1.82, 2.24) is 0 Å². The molecule has 0 bridgehead atoms. The molecule has 2 aromatic carbocycles. The summed E-state index contributed by atoms with van der Waals surface area (Å²) in [4.78, 5) is 34.9. The van der Waals surface area contributed by atoms with Gasteiger partial charge in [-0.15, -0.1) is 0 Å². The van der Waals surface area contributed by atoms with Crippen LogP contribution in [0.3, 0.4) is 0 Å². The molecule has 0 aliphatic rings. The van der Waals surface area contributed by atoms with Crippen LogP contribution in [0, 0.1) is 10.1 Å². The molecule has 0 radical (unpaired) electrons. The lowest BCUT2D eigenvalue weighted by Gasteiger charge is -2.17. The normalized spacial score (nSPS) is 16.0. The number of hydrogen-bond acceptors (Lipinski definition) is 6. The van der Waals surface area contributed by atoms with E-state index in [0.29, 0.717) is 0 Å². The summed E-state index contributed by atoms with van der Waals surface area (Å²) in [6.45, 7) is 1.07. The van der Waals surface area contributed by atoms with E-state index in [-0.39, 0.29) is 11.0 Å². The van der Waals surface area contributed by atoms with E-state index < -0.39 is 75.4 Å². The van der Waals surface area contributed by atoms with Gasteiger partial charge in [0.1, 0.15) is 17.1 Å². The Morgan fingerprint density at radius 2 is 2.00 bits per heavy atom. The lowest BCUT2D eigenvalue weighted by molar-refractivity contribution is -0.384. The van der Waals surface area contributed by atoms with E-state index in [9.17, 15) is 24.8 Å². The second-order valence-corrected chi connectivity index (χ2v) is 5.45. The van der Waals surface area contributed by atoms with Gasteiger partial charge in [-0.05, 0) is 24.6 Å². The number of ketones is 1. The first-order valence-electron chi connectivity index (χ1n) is 9.91. The predicted octanol–water partition coefficient (Wildman–Crippen LogP) is 3.52. The molecule has 0 saturated carbocycles. The number of Topliss-reactive ketones (excluding diaryl/α,β-unsaturated/α-hetero) is 1. The van der Waals surface area contributed by atoms with Gasteiger partial charge in [-0.25, -0.2) is 4.79 Å². The van der Waals surface area contributed by atoms with Crippen molar-refractivity contribution in [3.8, 4) is 5.75 Å². The van der Waals surface area contributed by atoms with Crippen molar-refractivity contribution in [3.63, 3.8) is 0 Å². The summed E-state index contributed by atoms with van der Waals surface area (Å²) in [7, 11) is 0. The number of nitrogens with zero attached hydrogens (tertiary/aromatic N) is 1. The molecule has 3 aromatic rings. The topological polar surface area (TPSA) is 111 Å². The summed E-state index contributed by atoms with van der Waals surface area (Å²) in [6.07, 6.45) is -0.821. The largest absolute Gasteiger partial charge is 0.507 e. The van der Waals surface area contributed by atoms with Crippen LogP contribution in [0.2, 0.25) is 0 Å². The third-order valence-corrected chi connectivity index (χ3v) is 3.61. The first-order valence-corrected chi connectivity index (χ1v) is 7.41. The summed E-state index contributed by atoms with van der Waals surface area (Å²) in [5.74, 6) is -4.01. The second kappa shape index (κ2) is 6.79. The highest BCUT2D eigenvalue weighted by Crippen LogP contribution is 2.36. The molecular formula is C19H15NO6. The molecule has 0 fully saturated rings. The van der Waals surface area contributed by atoms with Gasteiger partial charge in [-0.1, -0.05) is 24.2 Å². The Hall–Kier alpha value is -3.48. The van der Waals surface area contributed by atoms with Gasteiger partial charge in [-0.2, -0.15) is 0 Å². The number of carbonyl (C=O) groups is 1. The molecule has 0 aliphatic carbocycles. The number of hydrogen-bond donors (Lipinski definition) is 1. The van der Waals surface area contributed by atoms with Gasteiger partial charge in [0.05, 0.1) is 21.4 Å². The lowest BCUT2D eigenvalue weighted by Crippen LogP contribution is -2.16. The molecule has 1 unspecified atom stereocenters. The molecule has 3 rings (SSSR count). The average molecular weight is 358 g/mol. The minimum Gasteiger partial charge on any atom is -0.507 e. The van der Waals surface area contributed by atoms with Crippen LogP contribution in [0.15, 0.2) is 57.6 Å². The summed E-state index contributed by atoms with van der Waals surface area (Å²) in [5, 5.41) is 22.0. The average Bonchev–Trinajstić information content (AvgIpc) is 2.65. The number of nitro benzene ring substituents is 1. The van der Waals surface area contributed by atoms with Gasteiger partial charge < -0.3 is 9.52 Å².